The summed E-state index contributed by atoms with van der Waals surface area (Å²) in [5.74, 6) is 0.874. The fourth-order valence-corrected chi connectivity index (χ4v) is 2.31. The number of rotatable bonds is 6. The lowest BCUT2D eigenvalue weighted by Gasteiger charge is -2.21. The number of azide groups is 1. The van der Waals surface area contributed by atoms with Crippen molar-refractivity contribution in [2.75, 3.05) is 26.9 Å². The SMILES string of the molecule is CO[C@H](c1ccc(C2=NCCCN2)cc1)[C@@H](CF)N=[N+]=[N-]. The Labute approximate surface area is 122 Å². The molecule has 112 valence electrons. The molecule has 2 atom stereocenters. The number of nitrogens with one attached hydrogen (secondary N) is 1. The van der Waals surface area contributed by atoms with Crippen molar-refractivity contribution in [3.05, 3.63) is 45.8 Å². The highest BCUT2D eigenvalue weighted by Crippen LogP contribution is 2.24. The molecule has 2 rings (SSSR count). The van der Waals surface area contributed by atoms with Crippen LogP contribution in [0.4, 0.5) is 4.39 Å². The number of hydrogen-bond donors (Lipinski definition) is 1. The number of aliphatic imine (C=N–C) groups is 1. The molecular formula is C14H18FN5O. The van der Waals surface area contributed by atoms with Gasteiger partial charge in [-0.1, -0.05) is 29.4 Å². The maximum absolute atomic E-state index is 13.0. The Hall–Kier alpha value is -2.11. The predicted octanol–water partition coefficient (Wildman–Crippen LogP) is 2.76. The number of alkyl halides is 1. The highest BCUT2D eigenvalue weighted by atomic mass is 19.1. The summed E-state index contributed by atoms with van der Waals surface area (Å²) in [6, 6.07) is 6.64. The van der Waals surface area contributed by atoms with Crippen molar-refractivity contribution in [1.29, 1.82) is 0 Å². The van der Waals surface area contributed by atoms with E-state index >= 15 is 0 Å². The van der Waals surface area contributed by atoms with Crippen LogP contribution in [0, 0.1) is 0 Å². The summed E-state index contributed by atoms with van der Waals surface area (Å²) < 4.78 is 18.2. The fourth-order valence-electron chi connectivity index (χ4n) is 2.31. The second-order valence-electron chi connectivity index (χ2n) is 4.72. The molecule has 0 saturated carbocycles. The number of methoxy groups -OCH3 is 1. The summed E-state index contributed by atoms with van der Waals surface area (Å²) >= 11 is 0. The zero-order valence-corrected chi connectivity index (χ0v) is 11.9. The van der Waals surface area contributed by atoms with E-state index in [1.807, 2.05) is 24.3 Å². The summed E-state index contributed by atoms with van der Waals surface area (Å²) in [4.78, 5) is 7.09. The molecule has 1 aliphatic rings. The Kier molecular flexibility index (Phi) is 5.54. The van der Waals surface area contributed by atoms with Gasteiger partial charge in [-0.15, -0.1) is 0 Å². The highest BCUT2D eigenvalue weighted by molar-refractivity contribution is 5.99. The second kappa shape index (κ2) is 7.61. The molecule has 1 heterocycles. The van der Waals surface area contributed by atoms with Crippen molar-refractivity contribution in [2.45, 2.75) is 18.6 Å². The van der Waals surface area contributed by atoms with Gasteiger partial charge in [0, 0.05) is 30.7 Å². The minimum Gasteiger partial charge on any atom is -0.376 e. The van der Waals surface area contributed by atoms with Crippen LogP contribution in [0.15, 0.2) is 34.4 Å². The number of halogens is 1. The quantitative estimate of drug-likeness (QED) is 0.496. The zero-order chi connectivity index (χ0) is 15.1. The van der Waals surface area contributed by atoms with Gasteiger partial charge in [0.1, 0.15) is 12.5 Å². The molecule has 0 aliphatic carbocycles. The largest absolute Gasteiger partial charge is 0.376 e. The van der Waals surface area contributed by atoms with Crippen LogP contribution in [0.1, 0.15) is 23.7 Å². The molecule has 0 bridgehead atoms. The summed E-state index contributed by atoms with van der Waals surface area (Å²) in [5.41, 5.74) is 10.2. The normalized spacial score (nSPS) is 17.1. The summed E-state index contributed by atoms with van der Waals surface area (Å²) in [6.07, 6.45) is 0.443. The van der Waals surface area contributed by atoms with E-state index in [-0.39, 0.29) is 0 Å². The molecule has 0 spiro atoms. The van der Waals surface area contributed by atoms with Crippen LogP contribution in [0.3, 0.4) is 0 Å². The molecule has 0 aromatic heterocycles. The van der Waals surface area contributed by atoms with Crippen molar-refractivity contribution >= 4 is 5.84 Å². The van der Waals surface area contributed by atoms with Gasteiger partial charge >= 0.3 is 0 Å². The molecule has 0 radical (unpaired) electrons. The first kappa shape index (κ1) is 15.3. The first-order valence-electron chi connectivity index (χ1n) is 6.81. The number of hydrogen-bond acceptors (Lipinski definition) is 4. The smallest absolute Gasteiger partial charge is 0.128 e. The molecule has 1 N–H and O–H groups in total. The van der Waals surface area contributed by atoms with Crippen molar-refractivity contribution in [2.24, 2.45) is 10.1 Å². The lowest BCUT2D eigenvalue weighted by molar-refractivity contribution is 0.0722. The van der Waals surface area contributed by atoms with Crippen molar-refractivity contribution < 1.29 is 9.13 Å². The van der Waals surface area contributed by atoms with Gasteiger partial charge in [-0.2, -0.15) is 0 Å². The third-order valence-corrected chi connectivity index (χ3v) is 3.37. The van der Waals surface area contributed by atoms with Crippen LogP contribution in [0.2, 0.25) is 0 Å². The number of nitrogens with zero attached hydrogens (tertiary/aromatic N) is 4. The standard InChI is InChI=1S/C14H18FN5O/c1-21-13(12(9-15)19-20-16)10-3-5-11(6-4-10)14-17-7-2-8-18-14/h3-6,12-13H,2,7-9H2,1H3,(H,17,18)/t12-,13-/m1/s1. The zero-order valence-electron chi connectivity index (χ0n) is 11.9. The van der Waals surface area contributed by atoms with Crippen molar-refractivity contribution in [3.8, 4) is 0 Å². The maximum Gasteiger partial charge on any atom is 0.128 e. The lowest BCUT2D eigenvalue weighted by atomic mass is 10.0. The average molecular weight is 291 g/mol. The molecule has 1 aliphatic heterocycles. The Morgan fingerprint density at radius 3 is 2.76 bits per heavy atom. The van der Waals surface area contributed by atoms with Gasteiger partial charge in [0.2, 0.25) is 0 Å². The topological polar surface area (TPSA) is 82.4 Å². The molecular weight excluding hydrogens is 273 g/mol. The Morgan fingerprint density at radius 2 is 2.24 bits per heavy atom. The monoisotopic (exact) mass is 291 g/mol. The van der Waals surface area contributed by atoms with Gasteiger partial charge in [-0.05, 0) is 17.5 Å². The Bertz CT molecular complexity index is 539. The van der Waals surface area contributed by atoms with Crippen LogP contribution >= 0.6 is 0 Å². The molecule has 6 nitrogen and oxygen atoms in total. The van der Waals surface area contributed by atoms with Crippen LogP contribution in [0.25, 0.3) is 10.4 Å². The summed E-state index contributed by atoms with van der Waals surface area (Å²) in [7, 11) is 1.47. The minimum atomic E-state index is -0.865. The van der Waals surface area contributed by atoms with E-state index < -0.39 is 18.8 Å². The molecule has 0 amide bonds. The highest BCUT2D eigenvalue weighted by Gasteiger charge is 2.22. The van der Waals surface area contributed by atoms with E-state index in [0.717, 1.165) is 36.5 Å². The first-order valence-corrected chi connectivity index (χ1v) is 6.81. The molecule has 7 heteroatoms. The first-order chi connectivity index (χ1) is 10.3. The molecule has 21 heavy (non-hydrogen) atoms. The van der Waals surface area contributed by atoms with Gasteiger partial charge in [0.25, 0.3) is 0 Å². The van der Waals surface area contributed by atoms with Crippen LogP contribution in [-0.2, 0) is 4.74 Å². The van der Waals surface area contributed by atoms with E-state index in [2.05, 4.69) is 20.3 Å². The van der Waals surface area contributed by atoms with E-state index in [0.29, 0.717) is 0 Å². The van der Waals surface area contributed by atoms with Gasteiger partial charge in [-0.25, -0.2) is 0 Å². The third kappa shape index (κ3) is 3.71. The van der Waals surface area contributed by atoms with Gasteiger partial charge in [-0.3, -0.25) is 9.38 Å². The van der Waals surface area contributed by atoms with E-state index in [9.17, 15) is 4.39 Å². The maximum atomic E-state index is 13.0. The summed E-state index contributed by atoms with van der Waals surface area (Å²) in [6.45, 7) is 0.978. The van der Waals surface area contributed by atoms with E-state index in [4.69, 9.17) is 10.3 Å². The third-order valence-electron chi connectivity index (χ3n) is 3.37. The van der Waals surface area contributed by atoms with Gasteiger partial charge in [0.15, 0.2) is 0 Å². The number of amidine groups is 1. The lowest BCUT2D eigenvalue weighted by Crippen LogP contribution is -2.30. The number of ether oxygens (including phenoxy) is 1. The number of benzene rings is 1. The van der Waals surface area contributed by atoms with Crippen molar-refractivity contribution in [3.63, 3.8) is 0 Å². The fraction of sp³-hybridized carbons (Fsp3) is 0.500. The van der Waals surface area contributed by atoms with Gasteiger partial charge in [0.05, 0.1) is 12.1 Å². The van der Waals surface area contributed by atoms with Crippen LogP contribution < -0.4 is 5.32 Å². The average Bonchev–Trinajstić information content (AvgIpc) is 2.56. The van der Waals surface area contributed by atoms with Gasteiger partial charge < -0.3 is 10.1 Å². The van der Waals surface area contributed by atoms with Crippen LogP contribution in [-0.4, -0.2) is 38.8 Å². The molecule has 0 fully saturated rings. The van der Waals surface area contributed by atoms with E-state index in [1.54, 1.807) is 0 Å². The second-order valence-corrected chi connectivity index (χ2v) is 4.72. The minimum absolute atomic E-state index is 0.596. The molecule has 1 aromatic carbocycles. The molecule has 0 saturated heterocycles. The Morgan fingerprint density at radius 1 is 1.48 bits per heavy atom. The van der Waals surface area contributed by atoms with E-state index in [1.165, 1.54) is 7.11 Å². The van der Waals surface area contributed by atoms with Crippen molar-refractivity contribution in [1.82, 2.24) is 5.32 Å². The molecule has 0 unspecified atom stereocenters. The molecule has 1 aromatic rings. The van der Waals surface area contributed by atoms with Crippen LogP contribution in [0.5, 0.6) is 0 Å². The predicted molar refractivity (Wildman–Crippen MR) is 79.1 cm³/mol. The summed E-state index contributed by atoms with van der Waals surface area (Å²) in [5, 5.41) is 6.69. The Balaban J connectivity index is 2.19.